The summed E-state index contributed by atoms with van der Waals surface area (Å²) in [7, 11) is 0. The molecule has 6 heteroatoms. The lowest BCUT2D eigenvalue weighted by atomic mass is 10.1. The second kappa shape index (κ2) is 6.41. The number of halogens is 1. The Morgan fingerprint density at radius 2 is 1.92 bits per heavy atom. The minimum atomic E-state index is 0.0285. The Hall–Kier alpha value is -2.53. The molecule has 2 heterocycles. The molecule has 0 N–H and O–H groups in total. The van der Waals surface area contributed by atoms with Gasteiger partial charge < -0.3 is 14.2 Å². The molecule has 4 rings (SSSR count). The number of piperazine rings is 1. The summed E-state index contributed by atoms with van der Waals surface area (Å²) in [6, 6.07) is 15.5. The van der Waals surface area contributed by atoms with Crippen LogP contribution in [-0.4, -0.2) is 41.5 Å². The van der Waals surface area contributed by atoms with Crippen LogP contribution in [0.3, 0.4) is 0 Å². The fraction of sp³-hybridized carbons (Fsp3) is 0.263. The summed E-state index contributed by atoms with van der Waals surface area (Å²) < 4.78 is 5.87. The van der Waals surface area contributed by atoms with Crippen LogP contribution in [0.25, 0.3) is 11.1 Å². The van der Waals surface area contributed by atoms with E-state index in [2.05, 4.69) is 16.8 Å². The second-order valence-electron chi connectivity index (χ2n) is 6.26. The maximum Gasteiger partial charge on any atom is 0.298 e. The van der Waals surface area contributed by atoms with Gasteiger partial charge in [-0.15, -0.1) is 0 Å². The quantitative estimate of drug-likeness (QED) is 0.701. The first-order chi connectivity index (χ1) is 12.1. The molecule has 0 radical (unpaired) electrons. The van der Waals surface area contributed by atoms with Crippen molar-refractivity contribution in [3.05, 3.63) is 59.1 Å². The van der Waals surface area contributed by atoms with E-state index in [-0.39, 0.29) is 11.9 Å². The number of para-hydroxylation sites is 2. The highest BCUT2D eigenvalue weighted by molar-refractivity contribution is 6.30. The molecule has 1 fully saturated rings. The number of benzene rings is 2. The average molecular weight is 356 g/mol. The molecule has 3 aromatic rings. The molecular formula is C19H18ClN3O2. The van der Waals surface area contributed by atoms with Crippen LogP contribution >= 0.6 is 11.6 Å². The number of carbonyl (C=O) groups excluding carboxylic acids is 1. The standard InChI is InChI=1S/C19H18ClN3O2/c1-13-12-22(18(24)14-6-8-15(20)9-7-14)10-11-23(13)19-21-16-4-2-3-5-17(16)25-19/h2-9,13H,10-12H2,1H3. The number of amides is 1. The monoisotopic (exact) mass is 355 g/mol. The van der Waals surface area contributed by atoms with Crippen molar-refractivity contribution in [3.8, 4) is 0 Å². The summed E-state index contributed by atoms with van der Waals surface area (Å²) >= 11 is 5.90. The van der Waals surface area contributed by atoms with Gasteiger partial charge in [0, 0.05) is 36.3 Å². The van der Waals surface area contributed by atoms with E-state index in [1.54, 1.807) is 24.3 Å². The van der Waals surface area contributed by atoms with Crippen LogP contribution < -0.4 is 4.90 Å². The highest BCUT2D eigenvalue weighted by Crippen LogP contribution is 2.25. The third-order valence-corrected chi connectivity index (χ3v) is 4.79. The largest absolute Gasteiger partial charge is 0.423 e. The van der Waals surface area contributed by atoms with E-state index in [1.807, 2.05) is 29.2 Å². The maximum absolute atomic E-state index is 12.7. The van der Waals surface area contributed by atoms with Crippen molar-refractivity contribution in [2.24, 2.45) is 0 Å². The van der Waals surface area contributed by atoms with Gasteiger partial charge in [0.15, 0.2) is 5.58 Å². The van der Waals surface area contributed by atoms with Gasteiger partial charge in [0.1, 0.15) is 5.52 Å². The Morgan fingerprint density at radius 1 is 1.16 bits per heavy atom. The predicted molar refractivity (Wildman–Crippen MR) is 98.2 cm³/mol. The van der Waals surface area contributed by atoms with E-state index in [4.69, 9.17) is 16.0 Å². The number of nitrogens with zero attached hydrogens (tertiary/aromatic N) is 3. The van der Waals surface area contributed by atoms with Crippen LogP contribution in [0.4, 0.5) is 6.01 Å². The highest BCUT2D eigenvalue weighted by Gasteiger charge is 2.30. The zero-order valence-corrected chi connectivity index (χ0v) is 14.6. The first-order valence-electron chi connectivity index (χ1n) is 8.29. The van der Waals surface area contributed by atoms with Crippen LogP contribution in [0.15, 0.2) is 52.9 Å². The van der Waals surface area contributed by atoms with Crippen molar-refractivity contribution < 1.29 is 9.21 Å². The van der Waals surface area contributed by atoms with Crippen molar-refractivity contribution in [1.82, 2.24) is 9.88 Å². The van der Waals surface area contributed by atoms with Crippen molar-refractivity contribution in [3.63, 3.8) is 0 Å². The third kappa shape index (κ3) is 3.07. The molecule has 1 aliphatic heterocycles. The summed E-state index contributed by atoms with van der Waals surface area (Å²) in [5.41, 5.74) is 2.29. The van der Waals surface area contributed by atoms with Crippen LogP contribution in [0.1, 0.15) is 17.3 Å². The number of hydrogen-bond donors (Lipinski definition) is 0. The molecule has 1 atom stereocenters. The molecule has 2 aromatic carbocycles. The minimum Gasteiger partial charge on any atom is -0.423 e. The molecule has 0 spiro atoms. The van der Waals surface area contributed by atoms with E-state index < -0.39 is 0 Å². The van der Waals surface area contributed by atoms with Gasteiger partial charge in [-0.05, 0) is 43.3 Å². The van der Waals surface area contributed by atoms with Gasteiger partial charge in [-0.3, -0.25) is 4.79 Å². The van der Waals surface area contributed by atoms with Crippen molar-refractivity contribution >= 4 is 34.6 Å². The van der Waals surface area contributed by atoms with E-state index in [0.717, 1.165) is 11.1 Å². The maximum atomic E-state index is 12.7. The van der Waals surface area contributed by atoms with Crippen molar-refractivity contribution in [1.29, 1.82) is 0 Å². The summed E-state index contributed by atoms with van der Waals surface area (Å²) in [6.45, 7) is 4.02. The molecule has 1 saturated heterocycles. The molecule has 128 valence electrons. The van der Waals surface area contributed by atoms with Crippen LogP contribution in [0.2, 0.25) is 5.02 Å². The molecule has 1 amide bonds. The van der Waals surface area contributed by atoms with E-state index in [9.17, 15) is 4.79 Å². The van der Waals surface area contributed by atoms with Gasteiger partial charge in [-0.25, -0.2) is 0 Å². The summed E-state index contributed by atoms with van der Waals surface area (Å²) in [5, 5.41) is 0.630. The molecule has 0 bridgehead atoms. The molecule has 0 aliphatic carbocycles. The Labute approximate surface area is 150 Å². The zero-order valence-electron chi connectivity index (χ0n) is 13.9. The van der Waals surface area contributed by atoms with E-state index >= 15 is 0 Å². The fourth-order valence-electron chi connectivity index (χ4n) is 3.18. The molecule has 0 saturated carbocycles. The number of hydrogen-bond acceptors (Lipinski definition) is 4. The topological polar surface area (TPSA) is 49.6 Å². The van der Waals surface area contributed by atoms with E-state index in [1.165, 1.54) is 0 Å². The normalized spacial score (nSPS) is 17.9. The number of anilines is 1. The Bertz CT molecular complexity index is 873. The first-order valence-corrected chi connectivity index (χ1v) is 8.66. The highest BCUT2D eigenvalue weighted by atomic mass is 35.5. The Kier molecular flexibility index (Phi) is 4.09. The van der Waals surface area contributed by atoms with Crippen LogP contribution in [-0.2, 0) is 0 Å². The van der Waals surface area contributed by atoms with Crippen LogP contribution in [0.5, 0.6) is 0 Å². The molecule has 25 heavy (non-hydrogen) atoms. The molecule has 5 nitrogen and oxygen atoms in total. The predicted octanol–water partition coefficient (Wildman–Crippen LogP) is 3.83. The number of oxazole rings is 1. The fourth-order valence-corrected chi connectivity index (χ4v) is 3.31. The zero-order chi connectivity index (χ0) is 17.4. The SMILES string of the molecule is CC1CN(C(=O)c2ccc(Cl)cc2)CCN1c1nc2ccccc2o1. The van der Waals surface area contributed by atoms with Gasteiger partial charge in [0.25, 0.3) is 11.9 Å². The Balaban J connectivity index is 1.50. The lowest BCUT2D eigenvalue weighted by Gasteiger charge is -2.39. The van der Waals surface area contributed by atoms with E-state index in [0.29, 0.717) is 36.2 Å². The molecule has 1 aliphatic rings. The lowest BCUT2D eigenvalue weighted by Crippen LogP contribution is -2.53. The second-order valence-corrected chi connectivity index (χ2v) is 6.70. The molecule has 1 unspecified atom stereocenters. The van der Waals surface area contributed by atoms with Gasteiger partial charge >= 0.3 is 0 Å². The van der Waals surface area contributed by atoms with Gasteiger partial charge in [-0.2, -0.15) is 4.98 Å². The van der Waals surface area contributed by atoms with Crippen molar-refractivity contribution in [2.75, 3.05) is 24.5 Å². The third-order valence-electron chi connectivity index (χ3n) is 4.53. The first kappa shape index (κ1) is 16.0. The average Bonchev–Trinajstić information content (AvgIpc) is 3.05. The summed E-state index contributed by atoms with van der Waals surface area (Å²) in [4.78, 5) is 21.2. The number of aromatic nitrogens is 1. The molecular weight excluding hydrogens is 338 g/mol. The van der Waals surface area contributed by atoms with Gasteiger partial charge in [0.2, 0.25) is 0 Å². The van der Waals surface area contributed by atoms with Gasteiger partial charge in [-0.1, -0.05) is 23.7 Å². The summed E-state index contributed by atoms with van der Waals surface area (Å²) in [5.74, 6) is 0.0285. The minimum absolute atomic E-state index is 0.0285. The summed E-state index contributed by atoms with van der Waals surface area (Å²) in [6.07, 6.45) is 0. The van der Waals surface area contributed by atoms with Crippen molar-refractivity contribution in [2.45, 2.75) is 13.0 Å². The molecule has 1 aromatic heterocycles. The lowest BCUT2D eigenvalue weighted by molar-refractivity contribution is 0.0724. The Morgan fingerprint density at radius 3 is 2.64 bits per heavy atom. The van der Waals surface area contributed by atoms with Gasteiger partial charge in [0.05, 0.1) is 0 Å². The number of carbonyl (C=O) groups is 1. The number of fused-ring (bicyclic) bond motifs is 1. The van der Waals surface area contributed by atoms with Crippen LogP contribution in [0, 0.1) is 0 Å². The number of rotatable bonds is 2. The smallest absolute Gasteiger partial charge is 0.298 e.